The normalized spacial score (nSPS) is 16.0. The Morgan fingerprint density at radius 3 is 2.61 bits per heavy atom. The van der Waals surface area contributed by atoms with Crippen LogP contribution in [0, 0.1) is 0 Å². The minimum absolute atomic E-state index is 0.319. The SMILES string of the molecule is CCc1nn(C)c(Cl)c1CN1CCN(c2cccc(O)c2)CC1. The molecule has 1 aliphatic rings. The highest BCUT2D eigenvalue weighted by atomic mass is 35.5. The van der Waals surface area contributed by atoms with Gasteiger partial charge in [0.2, 0.25) is 0 Å². The summed E-state index contributed by atoms with van der Waals surface area (Å²) in [6.07, 6.45) is 0.902. The van der Waals surface area contributed by atoms with E-state index in [2.05, 4.69) is 21.8 Å². The van der Waals surface area contributed by atoms with Gasteiger partial charge < -0.3 is 10.0 Å². The number of nitrogens with zero attached hydrogens (tertiary/aromatic N) is 4. The molecule has 1 aromatic carbocycles. The molecule has 0 amide bonds. The van der Waals surface area contributed by atoms with Gasteiger partial charge in [0.05, 0.1) is 5.69 Å². The van der Waals surface area contributed by atoms with Crippen LogP contribution in [0.4, 0.5) is 5.69 Å². The Labute approximate surface area is 142 Å². The van der Waals surface area contributed by atoms with Crippen molar-refractivity contribution >= 4 is 17.3 Å². The molecule has 1 fully saturated rings. The van der Waals surface area contributed by atoms with Gasteiger partial charge in [-0.2, -0.15) is 5.10 Å². The molecule has 23 heavy (non-hydrogen) atoms. The Hall–Kier alpha value is -1.72. The van der Waals surface area contributed by atoms with E-state index in [0.29, 0.717) is 5.75 Å². The van der Waals surface area contributed by atoms with Crippen LogP contribution < -0.4 is 4.90 Å². The number of phenols is 1. The monoisotopic (exact) mass is 334 g/mol. The first-order chi connectivity index (χ1) is 11.1. The number of benzene rings is 1. The number of aromatic hydroxyl groups is 1. The van der Waals surface area contributed by atoms with Gasteiger partial charge in [-0.3, -0.25) is 9.58 Å². The molecule has 1 aromatic heterocycles. The second-order valence-electron chi connectivity index (χ2n) is 5.98. The van der Waals surface area contributed by atoms with Crippen LogP contribution in [0.15, 0.2) is 24.3 Å². The lowest BCUT2D eigenvalue weighted by atomic mass is 10.1. The first kappa shape index (κ1) is 16.1. The summed E-state index contributed by atoms with van der Waals surface area (Å²) in [5.41, 5.74) is 3.33. The van der Waals surface area contributed by atoms with Crippen LogP contribution in [-0.4, -0.2) is 46.0 Å². The highest BCUT2D eigenvalue weighted by Crippen LogP contribution is 2.24. The first-order valence-electron chi connectivity index (χ1n) is 8.05. The van der Waals surface area contributed by atoms with E-state index in [-0.39, 0.29) is 0 Å². The molecule has 3 rings (SSSR count). The van der Waals surface area contributed by atoms with E-state index in [1.54, 1.807) is 10.7 Å². The van der Waals surface area contributed by atoms with E-state index >= 15 is 0 Å². The summed E-state index contributed by atoms with van der Waals surface area (Å²) in [4.78, 5) is 4.73. The Bertz CT molecular complexity index is 677. The van der Waals surface area contributed by atoms with Gasteiger partial charge >= 0.3 is 0 Å². The molecule has 1 N–H and O–H groups in total. The van der Waals surface area contributed by atoms with Crippen molar-refractivity contribution in [3.05, 3.63) is 40.7 Å². The van der Waals surface area contributed by atoms with E-state index in [1.807, 2.05) is 25.2 Å². The molecule has 124 valence electrons. The summed E-state index contributed by atoms with van der Waals surface area (Å²) in [5, 5.41) is 14.9. The maximum absolute atomic E-state index is 9.62. The van der Waals surface area contributed by atoms with E-state index < -0.39 is 0 Å². The van der Waals surface area contributed by atoms with Gasteiger partial charge in [0.1, 0.15) is 10.9 Å². The molecule has 0 atom stereocenters. The van der Waals surface area contributed by atoms with Crippen LogP contribution in [-0.2, 0) is 20.0 Å². The van der Waals surface area contributed by atoms with Crippen molar-refractivity contribution < 1.29 is 5.11 Å². The van der Waals surface area contributed by atoms with Crippen molar-refractivity contribution in [2.45, 2.75) is 19.9 Å². The predicted octanol–water partition coefficient (Wildman–Crippen LogP) is 2.66. The zero-order valence-corrected chi connectivity index (χ0v) is 14.4. The van der Waals surface area contributed by atoms with Crippen LogP contribution in [0.1, 0.15) is 18.2 Å². The third kappa shape index (κ3) is 3.46. The average molecular weight is 335 g/mol. The minimum Gasteiger partial charge on any atom is -0.508 e. The maximum atomic E-state index is 9.62. The van der Waals surface area contributed by atoms with Gasteiger partial charge in [-0.1, -0.05) is 24.6 Å². The standard InChI is InChI=1S/C17H23ClN4O/c1-3-16-15(17(18)20(2)19-16)12-21-7-9-22(10-8-21)13-5-4-6-14(23)11-13/h4-6,11,23H,3,7-10,12H2,1-2H3. The lowest BCUT2D eigenvalue weighted by Crippen LogP contribution is -2.46. The molecule has 5 nitrogen and oxygen atoms in total. The number of aryl methyl sites for hydroxylation is 2. The van der Waals surface area contributed by atoms with Crippen LogP contribution in [0.25, 0.3) is 0 Å². The first-order valence-corrected chi connectivity index (χ1v) is 8.43. The molecule has 0 aliphatic carbocycles. The van der Waals surface area contributed by atoms with Crippen LogP contribution >= 0.6 is 11.6 Å². The molecular weight excluding hydrogens is 312 g/mol. The Morgan fingerprint density at radius 1 is 1.22 bits per heavy atom. The van der Waals surface area contributed by atoms with Crippen LogP contribution in [0.5, 0.6) is 5.75 Å². The van der Waals surface area contributed by atoms with Crippen molar-refractivity contribution in [3.8, 4) is 5.75 Å². The Morgan fingerprint density at radius 2 is 1.96 bits per heavy atom. The lowest BCUT2D eigenvalue weighted by molar-refractivity contribution is 0.249. The molecule has 2 heterocycles. The predicted molar refractivity (Wildman–Crippen MR) is 93.2 cm³/mol. The average Bonchev–Trinajstić information content (AvgIpc) is 2.83. The van der Waals surface area contributed by atoms with Gasteiger partial charge in [-0.15, -0.1) is 0 Å². The van der Waals surface area contributed by atoms with E-state index in [4.69, 9.17) is 11.6 Å². The number of halogens is 1. The minimum atomic E-state index is 0.319. The Kier molecular flexibility index (Phi) is 4.78. The molecule has 0 saturated carbocycles. The summed E-state index contributed by atoms with van der Waals surface area (Å²) >= 11 is 6.39. The number of phenolic OH excluding ortho intramolecular Hbond substituents is 1. The van der Waals surface area contributed by atoms with Crippen molar-refractivity contribution in [2.75, 3.05) is 31.1 Å². The molecule has 1 aliphatic heterocycles. The maximum Gasteiger partial charge on any atom is 0.131 e. The topological polar surface area (TPSA) is 44.5 Å². The zero-order valence-electron chi connectivity index (χ0n) is 13.7. The number of hydrogen-bond donors (Lipinski definition) is 1. The van der Waals surface area contributed by atoms with Crippen molar-refractivity contribution in [3.63, 3.8) is 0 Å². The summed E-state index contributed by atoms with van der Waals surface area (Å²) in [5.74, 6) is 0.319. The van der Waals surface area contributed by atoms with Crippen LogP contribution in [0.3, 0.4) is 0 Å². The molecule has 0 radical (unpaired) electrons. The van der Waals surface area contributed by atoms with Gasteiger partial charge in [0.15, 0.2) is 0 Å². The molecule has 6 heteroatoms. The second kappa shape index (κ2) is 6.81. The van der Waals surface area contributed by atoms with Gasteiger partial charge in [0.25, 0.3) is 0 Å². The third-order valence-corrected chi connectivity index (χ3v) is 4.91. The summed E-state index contributed by atoms with van der Waals surface area (Å²) in [7, 11) is 1.89. The van der Waals surface area contributed by atoms with E-state index in [1.165, 1.54) is 0 Å². The van der Waals surface area contributed by atoms with Gasteiger partial charge in [-0.25, -0.2) is 0 Å². The fourth-order valence-electron chi connectivity index (χ4n) is 3.12. The molecule has 0 spiro atoms. The fraction of sp³-hybridized carbons (Fsp3) is 0.471. The highest BCUT2D eigenvalue weighted by Gasteiger charge is 2.21. The van der Waals surface area contributed by atoms with E-state index in [0.717, 1.165) is 61.2 Å². The van der Waals surface area contributed by atoms with Gasteiger partial charge in [0, 0.05) is 57.1 Å². The molecule has 2 aromatic rings. The third-order valence-electron chi connectivity index (χ3n) is 4.44. The van der Waals surface area contributed by atoms with Gasteiger partial charge in [-0.05, 0) is 18.6 Å². The molecular formula is C17H23ClN4O. The van der Waals surface area contributed by atoms with Crippen molar-refractivity contribution in [1.29, 1.82) is 0 Å². The second-order valence-corrected chi connectivity index (χ2v) is 6.33. The zero-order chi connectivity index (χ0) is 16.4. The number of anilines is 1. The summed E-state index contributed by atoms with van der Waals surface area (Å²) in [6.45, 7) is 6.81. The fourth-order valence-corrected chi connectivity index (χ4v) is 3.32. The quantitative estimate of drug-likeness (QED) is 0.933. The largest absolute Gasteiger partial charge is 0.508 e. The number of aromatic nitrogens is 2. The Balaban J connectivity index is 1.64. The molecule has 0 unspecified atom stereocenters. The highest BCUT2D eigenvalue weighted by molar-refractivity contribution is 6.30. The number of hydrogen-bond acceptors (Lipinski definition) is 4. The smallest absolute Gasteiger partial charge is 0.131 e. The van der Waals surface area contributed by atoms with Crippen LogP contribution in [0.2, 0.25) is 5.15 Å². The molecule has 0 bridgehead atoms. The molecule has 1 saturated heterocycles. The number of rotatable bonds is 4. The van der Waals surface area contributed by atoms with Crippen molar-refractivity contribution in [2.24, 2.45) is 7.05 Å². The summed E-state index contributed by atoms with van der Waals surface area (Å²) in [6, 6.07) is 7.46. The number of piperazine rings is 1. The lowest BCUT2D eigenvalue weighted by Gasteiger charge is -2.36. The summed E-state index contributed by atoms with van der Waals surface area (Å²) < 4.78 is 1.76. The van der Waals surface area contributed by atoms with Crippen molar-refractivity contribution in [1.82, 2.24) is 14.7 Å². The van der Waals surface area contributed by atoms with E-state index in [9.17, 15) is 5.11 Å².